The molecule has 0 aliphatic heterocycles. The number of hydrogen-bond donors (Lipinski definition) is 1. The number of nitrogens with zero attached hydrogens (tertiary/aromatic N) is 2. The summed E-state index contributed by atoms with van der Waals surface area (Å²) >= 11 is 0. The maximum Gasteiger partial charge on any atom is 0.133 e. The second-order valence-electron chi connectivity index (χ2n) is 6.00. The van der Waals surface area contributed by atoms with Gasteiger partial charge in [0.05, 0.1) is 0 Å². The van der Waals surface area contributed by atoms with Crippen molar-refractivity contribution in [3.63, 3.8) is 0 Å². The van der Waals surface area contributed by atoms with E-state index in [0.29, 0.717) is 12.6 Å². The molecule has 3 nitrogen and oxygen atoms in total. The highest BCUT2D eigenvalue weighted by Gasteiger charge is 2.24. The van der Waals surface area contributed by atoms with E-state index in [1.54, 1.807) is 0 Å². The van der Waals surface area contributed by atoms with Crippen LogP contribution in [0.25, 0.3) is 0 Å². The van der Waals surface area contributed by atoms with Gasteiger partial charge in [-0.15, -0.1) is 0 Å². The fourth-order valence-corrected chi connectivity index (χ4v) is 2.92. The van der Waals surface area contributed by atoms with Crippen LogP contribution in [0.4, 0.5) is 5.82 Å². The highest BCUT2D eigenvalue weighted by molar-refractivity contribution is 5.47. The molecule has 1 saturated carbocycles. The van der Waals surface area contributed by atoms with E-state index >= 15 is 0 Å². The first-order valence-corrected chi connectivity index (χ1v) is 7.63. The lowest BCUT2D eigenvalue weighted by Gasteiger charge is -2.32. The fourth-order valence-electron chi connectivity index (χ4n) is 2.92. The summed E-state index contributed by atoms with van der Waals surface area (Å²) in [5.41, 5.74) is 7.06. The van der Waals surface area contributed by atoms with E-state index in [0.717, 1.165) is 18.3 Å². The summed E-state index contributed by atoms with van der Waals surface area (Å²) in [4.78, 5) is 7.14. The molecule has 1 fully saturated rings. The van der Waals surface area contributed by atoms with Crippen LogP contribution in [0.3, 0.4) is 0 Å². The number of rotatable bonds is 6. The zero-order valence-corrected chi connectivity index (χ0v) is 12.3. The third-order valence-electron chi connectivity index (χ3n) is 4.07. The van der Waals surface area contributed by atoms with Gasteiger partial charge in [0.25, 0.3) is 0 Å². The van der Waals surface area contributed by atoms with Crippen LogP contribution in [0.5, 0.6) is 0 Å². The van der Waals surface area contributed by atoms with Crippen molar-refractivity contribution < 1.29 is 0 Å². The summed E-state index contributed by atoms with van der Waals surface area (Å²) in [5, 5.41) is 0. The highest BCUT2D eigenvalue weighted by atomic mass is 15.2. The average molecular weight is 261 g/mol. The molecule has 0 aromatic carbocycles. The lowest BCUT2D eigenvalue weighted by molar-refractivity contribution is 0.523. The molecule has 0 bridgehead atoms. The quantitative estimate of drug-likeness (QED) is 0.854. The summed E-state index contributed by atoms with van der Waals surface area (Å²) in [6, 6.07) is 4.76. The van der Waals surface area contributed by atoms with Crippen molar-refractivity contribution in [3.8, 4) is 0 Å². The first-order chi connectivity index (χ1) is 9.22. The number of hydrogen-bond acceptors (Lipinski definition) is 3. The highest BCUT2D eigenvalue weighted by Crippen LogP contribution is 2.29. The van der Waals surface area contributed by atoms with Gasteiger partial charge in [-0.1, -0.05) is 32.8 Å². The van der Waals surface area contributed by atoms with Crippen LogP contribution < -0.4 is 10.6 Å². The zero-order valence-electron chi connectivity index (χ0n) is 12.3. The van der Waals surface area contributed by atoms with Crippen molar-refractivity contribution in [3.05, 3.63) is 23.9 Å². The van der Waals surface area contributed by atoms with Crippen molar-refractivity contribution in [2.24, 2.45) is 11.7 Å². The maximum atomic E-state index is 5.88. The van der Waals surface area contributed by atoms with E-state index in [9.17, 15) is 0 Å². The first-order valence-electron chi connectivity index (χ1n) is 7.63. The molecule has 0 radical (unpaired) electrons. The van der Waals surface area contributed by atoms with E-state index in [1.165, 1.54) is 37.7 Å². The van der Waals surface area contributed by atoms with Crippen LogP contribution >= 0.6 is 0 Å². The molecule has 2 rings (SSSR count). The summed E-state index contributed by atoms with van der Waals surface area (Å²) in [6.07, 6.45) is 8.43. The Labute approximate surface area is 117 Å². The Hall–Kier alpha value is -1.09. The predicted molar refractivity (Wildman–Crippen MR) is 81.2 cm³/mol. The van der Waals surface area contributed by atoms with E-state index < -0.39 is 0 Å². The molecule has 106 valence electrons. The predicted octanol–water partition coefficient (Wildman–Crippen LogP) is 3.34. The summed E-state index contributed by atoms with van der Waals surface area (Å²) < 4.78 is 0. The minimum absolute atomic E-state index is 0.577. The van der Waals surface area contributed by atoms with Gasteiger partial charge >= 0.3 is 0 Å². The Morgan fingerprint density at radius 2 is 2.11 bits per heavy atom. The van der Waals surface area contributed by atoms with Crippen molar-refractivity contribution >= 4 is 5.82 Å². The molecule has 1 heterocycles. The Bertz CT molecular complexity index is 383. The molecule has 0 saturated heterocycles. The van der Waals surface area contributed by atoms with Crippen LogP contribution in [0, 0.1) is 5.92 Å². The van der Waals surface area contributed by atoms with Gasteiger partial charge in [-0.25, -0.2) is 4.98 Å². The third-order valence-corrected chi connectivity index (χ3v) is 4.07. The lowest BCUT2D eigenvalue weighted by atomic mass is 10.1. The fraction of sp³-hybridized carbons (Fsp3) is 0.688. The number of anilines is 1. The standard InChI is InChI=1S/C16H27N3/c1-13(2)9-11-19(15-7-3-4-8-15)16-14(12-17)6-5-10-18-16/h5-6,10,13,15H,3-4,7-9,11-12,17H2,1-2H3. The first kappa shape index (κ1) is 14.3. The molecule has 0 spiro atoms. The van der Waals surface area contributed by atoms with Gasteiger partial charge in [0.2, 0.25) is 0 Å². The zero-order chi connectivity index (χ0) is 13.7. The SMILES string of the molecule is CC(C)CCN(c1ncccc1CN)C1CCCC1. The lowest BCUT2D eigenvalue weighted by Crippen LogP contribution is -2.36. The van der Waals surface area contributed by atoms with Gasteiger partial charge < -0.3 is 10.6 Å². The Balaban J connectivity index is 2.19. The molecule has 3 heteroatoms. The second-order valence-corrected chi connectivity index (χ2v) is 6.00. The number of pyridine rings is 1. The van der Waals surface area contributed by atoms with Crippen LogP contribution in [-0.4, -0.2) is 17.6 Å². The summed E-state index contributed by atoms with van der Waals surface area (Å²) in [5.74, 6) is 1.85. The van der Waals surface area contributed by atoms with Crippen LogP contribution in [0.1, 0.15) is 51.5 Å². The second kappa shape index (κ2) is 6.90. The molecule has 1 aromatic heterocycles. The molecule has 0 amide bonds. The molecule has 0 atom stereocenters. The van der Waals surface area contributed by atoms with E-state index in [4.69, 9.17) is 5.73 Å². The van der Waals surface area contributed by atoms with Crippen LogP contribution in [0.2, 0.25) is 0 Å². The van der Waals surface area contributed by atoms with Crippen LogP contribution in [-0.2, 0) is 6.54 Å². The molecule has 2 N–H and O–H groups in total. The van der Waals surface area contributed by atoms with Gasteiger partial charge in [-0.3, -0.25) is 0 Å². The summed E-state index contributed by atoms with van der Waals surface area (Å²) in [6.45, 7) is 6.25. The summed E-state index contributed by atoms with van der Waals surface area (Å²) in [7, 11) is 0. The smallest absolute Gasteiger partial charge is 0.133 e. The van der Waals surface area contributed by atoms with Crippen molar-refractivity contribution in [1.82, 2.24) is 4.98 Å². The van der Waals surface area contributed by atoms with E-state index in [-0.39, 0.29) is 0 Å². The molecule has 1 aliphatic carbocycles. The molecule has 1 aliphatic rings. The molecular weight excluding hydrogens is 234 g/mol. The van der Waals surface area contributed by atoms with Crippen molar-refractivity contribution in [2.45, 2.75) is 58.5 Å². The van der Waals surface area contributed by atoms with Crippen LogP contribution in [0.15, 0.2) is 18.3 Å². The van der Waals surface area contributed by atoms with Gasteiger partial charge in [0, 0.05) is 30.9 Å². The Morgan fingerprint density at radius 3 is 2.74 bits per heavy atom. The van der Waals surface area contributed by atoms with E-state index in [2.05, 4.69) is 29.8 Å². The van der Waals surface area contributed by atoms with Gasteiger partial charge in [-0.2, -0.15) is 0 Å². The Kier molecular flexibility index (Phi) is 5.20. The monoisotopic (exact) mass is 261 g/mol. The number of aromatic nitrogens is 1. The van der Waals surface area contributed by atoms with Gasteiger partial charge in [0.1, 0.15) is 5.82 Å². The minimum atomic E-state index is 0.577. The number of nitrogens with two attached hydrogens (primary N) is 1. The van der Waals surface area contributed by atoms with Gasteiger partial charge in [0.15, 0.2) is 0 Å². The molecule has 19 heavy (non-hydrogen) atoms. The molecular formula is C16H27N3. The van der Waals surface area contributed by atoms with Crippen molar-refractivity contribution in [1.29, 1.82) is 0 Å². The molecule has 0 unspecified atom stereocenters. The van der Waals surface area contributed by atoms with E-state index in [1.807, 2.05) is 12.3 Å². The molecule has 1 aromatic rings. The maximum absolute atomic E-state index is 5.88. The topological polar surface area (TPSA) is 42.2 Å². The van der Waals surface area contributed by atoms with Crippen molar-refractivity contribution in [2.75, 3.05) is 11.4 Å². The third kappa shape index (κ3) is 3.69. The Morgan fingerprint density at radius 1 is 1.37 bits per heavy atom. The minimum Gasteiger partial charge on any atom is -0.353 e. The average Bonchev–Trinajstić information content (AvgIpc) is 2.93. The normalized spacial score (nSPS) is 16.2. The van der Waals surface area contributed by atoms with Gasteiger partial charge in [-0.05, 0) is 31.2 Å². The largest absolute Gasteiger partial charge is 0.353 e.